The van der Waals surface area contributed by atoms with Gasteiger partial charge in [0.2, 0.25) is 5.91 Å². The maximum Gasteiger partial charge on any atom is 0.223 e. The van der Waals surface area contributed by atoms with E-state index in [2.05, 4.69) is 5.32 Å². The molecule has 0 aromatic heterocycles. The van der Waals surface area contributed by atoms with Crippen LogP contribution < -0.4 is 5.32 Å². The van der Waals surface area contributed by atoms with Crippen LogP contribution >= 0.6 is 11.6 Å². The highest BCUT2D eigenvalue weighted by molar-refractivity contribution is 6.31. The SMILES string of the molecule is CC(O)CC(C)CNC(=O)C1CC1c1ccccc1Cl. The van der Waals surface area contributed by atoms with Crippen LogP contribution in [0.5, 0.6) is 0 Å². The van der Waals surface area contributed by atoms with Crippen molar-refractivity contribution in [3.63, 3.8) is 0 Å². The van der Waals surface area contributed by atoms with Crippen molar-refractivity contribution in [3.05, 3.63) is 34.9 Å². The summed E-state index contributed by atoms with van der Waals surface area (Å²) in [4.78, 5) is 12.1. The molecular weight excluding hydrogens is 274 g/mol. The van der Waals surface area contributed by atoms with Crippen molar-refractivity contribution in [1.29, 1.82) is 0 Å². The molecule has 0 radical (unpaired) electrons. The van der Waals surface area contributed by atoms with E-state index in [1.807, 2.05) is 31.2 Å². The van der Waals surface area contributed by atoms with Gasteiger partial charge in [0.15, 0.2) is 0 Å². The number of benzene rings is 1. The lowest BCUT2D eigenvalue weighted by atomic mass is 10.0. The summed E-state index contributed by atoms with van der Waals surface area (Å²) in [5.41, 5.74) is 1.08. The number of carbonyl (C=O) groups excluding carboxylic acids is 1. The first-order valence-corrected chi connectivity index (χ1v) is 7.57. The van der Waals surface area contributed by atoms with Gasteiger partial charge in [-0.05, 0) is 43.2 Å². The van der Waals surface area contributed by atoms with Gasteiger partial charge in [-0.3, -0.25) is 4.79 Å². The summed E-state index contributed by atoms with van der Waals surface area (Å²) >= 11 is 6.15. The molecule has 0 heterocycles. The van der Waals surface area contributed by atoms with Gasteiger partial charge in [0.25, 0.3) is 0 Å². The number of nitrogens with one attached hydrogen (secondary N) is 1. The van der Waals surface area contributed by atoms with Crippen LogP contribution in [-0.4, -0.2) is 23.7 Å². The van der Waals surface area contributed by atoms with Crippen molar-refractivity contribution in [1.82, 2.24) is 5.32 Å². The van der Waals surface area contributed by atoms with E-state index in [0.29, 0.717) is 13.0 Å². The molecule has 110 valence electrons. The average Bonchev–Trinajstić information content (AvgIpc) is 3.16. The van der Waals surface area contributed by atoms with E-state index in [0.717, 1.165) is 17.0 Å². The van der Waals surface area contributed by atoms with Gasteiger partial charge in [0, 0.05) is 17.5 Å². The number of hydrogen-bond donors (Lipinski definition) is 2. The van der Waals surface area contributed by atoms with E-state index in [9.17, 15) is 9.90 Å². The molecule has 2 rings (SSSR count). The number of carbonyl (C=O) groups is 1. The Morgan fingerprint density at radius 2 is 2.15 bits per heavy atom. The molecule has 0 saturated heterocycles. The van der Waals surface area contributed by atoms with Crippen molar-refractivity contribution in [2.45, 2.75) is 38.7 Å². The lowest BCUT2D eigenvalue weighted by molar-refractivity contribution is -0.122. The summed E-state index contributed by atoms with van der Waals surface area (Å²) < 4.78 is 0. The van der Waals surface area contributed by atoms with Crippen LogP contribution in [0.25, 0.3) is 0 Å². The smallest absolute Gasteiger partial charge is 0.223 e. The number of amides is 1. The Labute approximate surface area is 125 Å². The molecule has 1 saturated carbocycles. The summed E-state index contributed by atoms with van der Waals surface area (Å²) in [7, 11) is 0. The molecule has 1 fully saturated rings. The second-order valence-corrected chi connectivity index (χ2v) is 6.31. The molecule has 1 aliphatic rings. The van der Waals surface area contributed by atoms with Crippen LogP contribution in [0.15, 0.2) is 24.3 Å². The van der Waals surface area contributed by atoms with Crippen molar-refractivity contribution >= 4 is 17.5 Å². The van der Waals surface area contributed by atoms with Gasteiger partial charge < -0.3 is 10.4 Å². The van der Waals surface area contributed by atoms with Crippen molar-refractivity contribution in [3.8, 4) is 0 Å². The fourth-order valence-electron chi connectivity index (χ4n) is 2.68. The Hall–Kier alpha value is -1.06. The van der Waals surface area contributed by atoms with Gasteiger partial charge in [0.05, 0.1) is 6.10 Å². The molecule has 1 aromatic carbocycles. The average molecular weight is 296 g/mol. The molecule has 1 aromatic rings. The van der Waals surface area contributed by atoms with E-state index < -0.39 is 0 Å². The lowest BCUT2D eigenvalue weighted by Crippen LogP contribution is -2.30. The minimum atomic E-state index is -0.321. The van der Waals surface area contributed by atoms with Gasteiger partial charge >= 0.3 is 0 Å². The highest BCUT2D eigenvalue weighted by Gasteiger charge is 2.44. The molecule has 0 bridgehead atoms. The molecule has 3 nitrogen and oxygen atoms in total. The Balaban J connectivity index is 1.80. The Morgan fingerprint density at radius 1 is 1.45 bits per heavy atom. The summed E-state index contributed by atoms with van der Waals surface area (Å²) in [5.74, 6) is 0.702. The van der Waals surface area contributed by atoms with Crippen LogP contribution in [-0.2, 0) is 4.79 Å². The molecule has 0 spiro atoms. The predicted octanol–water partition coefficient (Wildman–Crippen LogP) is 2.97. The van der Waals surface area contributed by atoms with Crippen molar-refractivity contribution in [2.75, 3.05) is 6.54 Å². The zero-order chi connectivity index (χ0) is 14.7. The van der Waals surface area contributed by atoms with Crippen molar-refractivity contribution in [2.24, 2.45) is 11.8 Å². The predicted molar refractivity (Wildman–Crippen MR) is 80.8 cm³/mol. The molecule has 4 heteroatoms. The third kappa shape index (κ3) is 3.97. The summed E-state index contributed by atoms with van der Waals surface area (Å²) in [5, 5.41) is 13.0. The van der Waals surface area contributed by atoms with E-state index in [1.165, 1.54) is 0 Å². The Bertz CT molecular complexity index is 475. The number of aliphatic hydroxyl groups is 1. The molecule has 1 amide bonds. The van der Waals surface area contributed by atoms with E-state index in [1.54, 1.807) is 6.92 Å². The van der Waals surface area contributed by atoms with Gasteiger partial charge in [-0.1, -0.05) is 36.7 Å². The molecule has 20 heavy (non-hydrogen) atoms. The monoisotopic (exact) mass is 295 g/mol. The Morgan fingerprint density at radius 3 is 2.80 bits per heavy atom. The highest BCUT2D eigenvalue weighted by Crippen LogP contribution is 2.49. The number of halogens is 1. The fraction of sp³-hybridized carbons (Fsp3) is 0.562. The first-order valence-electron chi connectivity index (χ1n) is 7.19. The largest absolute Gasteiger partial charge is 0.393 e. The maximum absolute atomic E-state index is 12.1. The number of hydrogen-bond acceptors (Lipinski definition) is 2. The zero-order valence-electron chi connectivity index (χ0n) is 12.0. The molecule has 2 N–H and O–H groups in total. The van der Waals surface area contributed by atoms with E-state index >= 15 is 0 Å². The minimum Gasteiger partial charge on any atom is -0.393 e. The first-order chi connectivity index (χ1) is 9.49. The second-order valence-electron chi connectivity index (χ2n) is 5.91. The highest BCUT2D eigenvalue weighted by atomic mass is 35.5. The van der Waals surface area contributed by atoms with E-state index in [4.69, 9.17) is 11.6 Å². The minimum absolute atomic E-state index is 0.0497. The normalized spacial score (nSPS) is 24.0. The third-order valence-electron chi connectivity index (χ3n) is 3.80. The van der Waals surface area contributed by atoms with Crippen LogP contribution in [0.4, 0.5) is 0 Å². The molecule has 0 aliphatic heterocycles. The Kier molecular flexibility index (Phi) is 5.06. The lowest BCUT2D eigenvalue weighted by Gasteiger charge is -2.14. The zero-order valence-corrected chi connectivity index (χ0v) is 12.7. The van der Waals surface area contributed by atoms with Crippen LogP contribution in [0.3, 0.4) is 0 Å². The van der Waals surface area contributed by atoms with E-state index in [-0.39, 0.29) is 29.8 Å². The molecule has 1 aliphatic carbocycles. The molecular formula is C16H22ClNO2. The molecule has 4 unspecified atom stereocenters. The molecule has 4 atom stereocenters. The van der Waals surface area contributed by atoms with Crippen LogP contribution in [0.1, 0.15) is 38.2 Å². The summed E-state index contributed by atoms with van der Waals surface area (Å²) in [6.07, 6.45) is 1.26. The topological polar surface area (TPSA) is 49.3 Å². The fourth-order valence-corrected chi connectivity index (χ4v) is 2.95. The number of aliphatic hydroxyl groups excluding tert-OH is 1. The van der Waals surface area contributed by atoms with Crippen molar-refractivity contribution < 1.29 is 9.90 Å². The van der Waals surface area contributed by atoms with Gasteiger partial charge in [-0.25, -0.2) is 0 Å². The van der Waals surface area contributed by atoms with Gasteiger partial charge in [-0.2, -0.15) is 0 Å². The van der Waals surface area contributed by atoms with Gasteiger partial charge in [-0.15, -0.1) is 0 Å². The maximum atomic E-state index is 12.1. The van der Waals surface area contributed by atoms with Crippen LogP contribution in [0.2, 0.25) is 5.02 Å². The standard InChI is InChI=1S/C16H22ClNO2/c1-10(7-11(2)19)9-18-16(20)14-8-13(14)12-5-3-4-6-15(12)17/h3-6,10-11,13-14,19H,7-9H2,1-2H3,(H,18,20). The number of rotatable bonds is 6. The quantitative estimate of drug-likeness (QED) is 0.848. The van der Waals surface area contributed by atoms with Crippen LogP contribution in [0, 0.1) is 11.8 Å². The van der Waals surface area contributed by atoms with Gasteiger partial charge in [0.1, 0.15) is 0 Å². The summed E-state index contributed by atoms with van der Waals surface area (Å²) in [6.45, 7) is 4.42. The first kappa shape index (κ1) is 15.3. The third-order valence-corrected chi connectivity index (χ3v) is 4.14. The summed E-state index contributed by atoms with van der Waals surface area (Å²) in [6, 6.07) is 7.73. The second kappa shape index (κ2) is 6.59.